The number of nitro benzene ring substituents is 1. The van der Waals surface area contributed by atoms with E-state index in [1.54, 1.807) is 6.08 Å². The number of hydrogen-bond acceptors (Lipinski definition) is 6. The molecule has 0 bridgehead atoms. The average molecular weight is 427 g/mol. The molecule has 6 nitrogen and oxygen atoms in total. The molecule has 0 aliphatic carbocycles. The summed E-state index contributed by atoms with van der Waals surface area (Å²) in [7, 11) is 0. The number of thiocarbonyl (C=S) groups is 1. The summed E-state index contributed by atoms with van der Waals surface area (Å²) in [6, 6.07) is 8.47. The summed E-state index contributed by atoms with van der Waals surface area (Å²) < 4.78 is 0.297. The predicted molar refractivity (Wildman–Crippen MR) is 107 cm³/mol. The number of halogens is 2. The van der Waals surface area contributed by atoms with Crippen molar-refractivity contribution in [2.75, 3.05) is 4.90 Å². The fourth-order valence-corrected chi connectivity index (χ4v) is 4.04. The number of amides is 1. The number of hydrogen-bond donors (Lipinski definition) is 1. The molecule has 0 spiro atoms. The van der Waals surface area contributed by atoms with Crippen molar-refractivity contribution in [3.8, 4) is 5.75 Å². The summed E-state index contributed by atoms with van der Waals surface area (Å²) in [6.07, 6.45) is 1.56. The molecule has 10 heteroatoms. The van der Waals surface area contributed by atoms with E-state index in [1.807, 2.05) is 0 Å². The Morgan fingerprint density at radius 1 is 1.19 bits per heavy atom. The molecule has 1 saturated heterocycles. The standard InChI is InChI=1S/C16H8Cl2N2O4S2/c17-11-5-8(6-12(18)14(11)21)7-13-15(22)19(16(25)26-13)9-1-3-10(4-2-9)20(23)24/h1-7,21H/b13-7+. The number of thioether (sulfide) groups is 1. The predicted octanol–water partition coefficient (Wildman–Crippen LogP) is 5.01. The van der Waals surface area contributed by atoms with Gasteiger partial charge >= 0.3 is 0 Å². The molecule has 1 fully saturated rings. The first-order valence-corrected chi connectivity index (χ1v) is 8.96. The molecular formula is C16H8Cl2N2O4S2. The molecule has 1 N–H and O–H groups in total. The maximum Gasteiger partial charge on any atom is 0.270 e. The van der Waals surface area contributed by atoms with E-state index in [-0.39, 0.29) is 27.4 Å². The van der Waals surface area contributed by atoms with Crippen molar-refractivity contribution in [3.05, 3.63) is 67.0 Å². The largest absolute Gasteiger partial charge is 0.505 e. The lowest BCUT2D eigenvalue weighted by molar-refractivity contribution is -0.384. The molecule has 0 aromatic heterocycles. The van der Waals surface area contributed by atoms with Crippen molar-refractivity contribution >= 4 is 74.9 Å². The number of carbonyl (C=O) groups is 1. The van der Waals surface area contributed by atoms with Crippen LogP contribution in [0.15, 0.2) is 41.3 Å². The molecule has 1 heterocycles. The van der Waals surface area contributed by atoms with Crippen LogP contribution in [0, 0.1) is 10.1 Å². The molecule has 1 aliphatic rings. The van der Waals surface area contributed by atoms with Gasteiger partial charge in [-0.1, -0.05) is 47.2 Å². The zero-order chi connectivity index (χ0) is 19.0. The van der Waals surface area contributed by atoms with E-state index in [0.717, 1.165) is 11.8 Å². The highest BCUT2D eigenvalue weighted by atomic mass is 35.5. The molecule has 1 amide bonds. The average Bonchev–Trinajstić information content (AvgIpc) is 2.86. The Kier molecular flexibility index (Phi) is 5.19. The molecule has 0 atom stereocenters. The molecule has 26 heavy (non-hydrogen) atoms. The summed E-state index contributed by atoms with van der Waals surface area (Å²) in [5.74, 6) is -0.599. The maximum atomic E-state index is 12.7. The monoisotopic (exact) mass is 426 g/mol. The number of rotatable bonds is 3. The van der Waals surface area contributed by atoms with E-state index in [2.05, 4.69) is 0 Å². The molecule has 0 unspecified atom stereocenters. The van der Waals surface area contributed by atoms with E-state index >= 15 is 0 Å². The van der Waals surface area contributed by atoms with E-state index in [0.29, 0.717) is 20.5 Å². The Morgan fingerprint density at radius 2 is 1.77 bits per heavy atom. The van der Waals surface area contributed by atoms with Gasteiger partial charge in [-0.05, 0) is 35.9 Å². The second-order valence-corrected chi connectivity index (χ2v) is 7.61. The van der Waals surface area contributed by atoms with Crippen LogP contribution >= 0.6 is 47.2 Å². The van der Waals surface area contributed by atoms with Gasteiger partial charge in [0, 0.05) is 12.1 Å². The third-order valence-corrected chi connectivity index (χ3v) is 5.33. The zero-order valence-electron chi connectivity index (χ0n) is 12.7. The van der Waals surface area contributed by atoms with Gasteiger partial charge in [-0.25, -0.2) is 0 Å². The molecule has 2 aromatic carbocycles. The van der Waals surface area contributed by atoms with Crippen molar-refractivity contribution in [3.63, 3.8) is 0 Å². The van der Waals surface area contributed by atoms with Crippen LogP contribution in [0.3, 0.4) is 0 Å². The minimum atomic E-state index is -0.522. The van der Waals surface area contributed by atoms with E-state index in [9.17, 15) is 20.0 Å². The van der Waals surface area contributed by atoms with Crippen molar-refractivity contribution in [1.29, 1.82) is 0 Å². The smallest absolute Gasteiger partial charge is 0.270 e. The van der Waals surface area contributed by atoms with Gasteiger partial charge in [0.05, 0.1) is 25.6 Å². The highest BCUT2D eigenvalue weighted by Crippen LogP contribution is 2.38. The quantitative estimate of drug-likeness (QED) is 0.321. The lowest BCUT2D eigenvalue weighted by Crippen LogP contribution is -2.27. The number of benzene rings is 2. The highest BCUT2D eigenvalue weighted by molar-refractivity contribution is 8.27. The Balaban J connectivity index is 1.92. The third-order valence-electron chi connectivity index (χ3n) is 3.45. The summed E-state index contributed by atoms with van der Waals surface area (Å²) in [5, 5.41) is 20.5. The number of phenolic OH excluding ortho intramolecular Hbond substituents is 1. The Bertz CT molecular complexity index is 954. The number of carbonyl (C=O) groups excluding carboxylic acids is 1. The Labute approximate surface area is 167 Å². The van der Waals surface area contributed by atoms with Gasteiger partial charge in [0.2, 0.25) is 0 Å². The van der Waals surface area contributed by atoms with Crippen LogP contribution < -0.4 is 4.90 Å². The lowest BCUT2D eigenvalue weighted by atomic mass is 10.2. The van der Waals surface area contributed by atoms with Crippen LogP contribution in [0.1, 0.15) is 5.56 Å². The van der Waals surface area contributed by atoms with Crippen LogP contribution in [-0.4, -0.2) is 20.3 Å². The number of phenols is 1. The molecule has 0 saturated carbocycles. The van der Waals surface area contributed by atoms with Gasteiger partial charge < -0.3 is 5.11 Å². The Hall–Kier alpha value is -2.13. The van der Waals surface area contributed by atoms with Crippen LogP contribution in [0.4, 0.5) is 11.4 Å². The number of nitro groups is 1. The van der Waals surface area contributed by atoms with Crippen molar-refractivity contribution < 1.29 is 14.8 Å². The molecule has 1 aliphatic heterocycles. The van der Waals surface area contributed by atoms with Gasteiger partial charge in [0.15, 0.2) is 10.1 Å². The van der Waals surface area contributed by atoms with Gasteiger partial charge in [-0.15, -0.1) is 0 Å². The van der Waals surface area contributed by atoms with E-state index < -0.39 is 4.92 Å². The number of aromatic hydroxyl groups is 1. The van der Waals surface area contributed by atoms with Crippen molar-refractivity contribution in [2.24, 2.45) is 0 Å². The first-order valence-electron chi connectivity index (χ1n) is 6.98. The summed E-state index contributed by atoms with van der Waals surface area (Å²) in [5.41, 5.74) is 0.883. The number of nitrogens with zero attached hydrogens (tertiary/aromatic N) is 2. The van der Waals surface area contributed by atoms with Gasteiger partial charge in [-0.2, -0.15) is 0 Å². The first-order chi connectivity index (χ1) is 12.3. The van der Waals surface area contributed by atoms with Crippen LogP contribution in [-0.2, 0) is 4.79 Å². The van der Waals surface area contributed by atoms with Crippen molar-refractivity contribution in [2.45, 2.75) is 0 Å². The minimum absolute atomic E-state index is 0.0644. The summed E-state index contributed by atoms with van der Waals surface area (Å²) >= 11 is 18.1. The van der Waals surface area contributed by atoms with Crippen LogP contribution in [0.2, 0.25) is 10.0 Å². The molecular weight excluding hydrogens is 419 g/mol. The third kappa shape index (κ3) is 3.54. The minimum Gasteiger partial charge on any atom is -0.505 e. The fourth-order valence-electron chi connectivity index (χ4n) is 2.23. The second-order valence-electron chi connectivity index (χ2n) is 5.12. The second kappa shape index (κ2) is 7.24. The fraction of sp³-hybridized carbons (Fsp3) is 0. The lowest BCUT2D eigenvalue weighted by Gasteiger charge is -2.13. The highest BCUT2D eigenvalue weighted by Gasteiger charge is 2.33. The van der Waals surface area contributed by atoms with Crippen LogP contribution in [0.25, 0.3) is 6.08 Å². The number of anilines is 1. The Morgan fingerprint density at radius 3 is 2.31 bits per heavy atom. The maximum absolute atomic E-state index is 12.7. The van der Waals surface area contributed by atoms with E-state index in [4.69, 9.17) is 35.4 Å². The first kappa shape index (κ1) is 18.7. The summed E-state index contributed by atoms with van der Waals surface area (Å²) in [4.78, 5) is 24.5. The van der Waals surface area contributed by atoms with Crippen LogP contribution in [0.5, 0.6) is 5.75 Å². The number of non-ortho nitro benzene ring substituents is 1. The molecule has 0 radical (unpaired) electrons. The molecule has 2 aromatic rings. The SMILES string of the molecule is O=C1/C(=C\c2cc(Cl)c(O)c(Cl)c2)SC(=S)N1c1ccc([N+](=O)[O-])cc1. The van der Waals surface area contributed by atoms with Gasteiger partial charge in [-0.3, -0.25) is 19.8 Å². The topological polar surface area (TPSA) is 83.7 Å². The van der Waals surface area contributed by atoms with Gasteiger partial charge in [0.1, 0.15) is 0 Å². The van der Waals surface area contributed by atoms with Gasteiger partial charge in [0.25, 0.3) is 11.6 Å². The summed E-state index contributed by atoms with van der Waals surface area (Å²) in [6.45, 7) is 0. The normalized spacial score (nSPS) is 15.8. The van der Waals surface area contributed by atoms with Crippen molar-refractivity contribution in [1.82, 2.24) is 0 Å². The molecule has 132 valence electrons. The van der Waals surface area contributed by atoms with E-state index in [1.165, 1.54) is 41.3 Å². The molecule has 3 rings (SSSR count). The zero-order valence-corrected chi connectivity index (χ0v) is 15.8.